The van der Waals surface area contributed by atoms with Gasteiger partial charge in [0.1, 0.15) is 0 Å². The van der Waals surface area contributed by atoms with Gasteiger partial charge in [-0.3, -0.25) is 4.55 Å². The summed E-state index contributed by atoms with van der Waals surface area (Å²) in [7, 11) is -3.75. The smallest absolute Gasteiger partial charge is 0.267 e. The summed E-state index contributed by atoms with van der Waals surface area (Å²) in [6.07, 6.45) is 0.457. The average Bonchev–Trinajstić information content (AvgIpc) is 1.86. The van der Waals surface area contributed by atoms with Crippen molar-refractivity contribution in [2.75, 3.05) is 6.54 Å². The fourth-order valence-electron chi connectivity index (χ4n) is 0.211. The van der Waals surface area contributed by atoms with E-state index in [2.05, 4.69) is 0 Å². The maximum Gasteiger partial charge on any atom is 0.267 e. The molecule has 0 spiro atoms. The molecule has 0 aromatic heterocycles. The number of nitrogens with two attached hydrogens (primary N) is 1. The van der Waals surface area contributed by atoms with E-state index < -0.39 is 15.4 Å². The van der Waals surface area contributed by atoms with E-state index in [1.807, 2.05) is 6.92 Å². The third-order valence-corrected chi connectivity index (χ3v) is 2.43. The molecule has 3 N–H and O–H groups in total. The Balaban J connectivity index is 0. The van der Waals surface area contributed by atoms with Gasteiger partial charge in [0.25, 0.3) is 10.1 Å². The third kappa shape index (κ3) is 9.87. The van der Waals surface area contributed by atoms with E-state index in [9.17, 15) is 8.42 Å². The standard InChI is InChI=1S/C4H10O3S.C2H7N/c1-3-4(2)8(5,6)7;1-2-3/h4H,3H2,1-2H3,(H,5,6,7);2-3H2,1H3. The van der Waals surface area contributed by atoms with Crippen molar-refractivity contribution >= 4 is 10.1 Å². The zero-order chi connectivity index (χ0) is 9.49. The van der Waals surface area contributed by atoms with Gasteiger partial charge in [-0.2, -0.15) is 8.42 Å². The fraction of sp³-hybridized carbons (Fsp3) is 1.00. The van der Waals surface area contributed by atoms with Gasteiger partial charge in [0.15, 0.2) is 0 Å². The first-order chi connectivity index (χ1) is 4.90. The highest BCUT2D eigenvalue weighted by Crippen LogP contribution is 1.99. The van der Waals surface area contributed by atoms with Crippen LogP contribution in [-0.4, -0.2) is 24.8 Å². The first-order valence-electron chi connectivity index (χ1n) is 3.56. The maximum absolute atomic E-state index is 10.1. The summed E-state index contributed by atoms with van der Waals surface area (Å²) in [5, 5.41) is -0.623. The molecule has 4 nitrogen and oxygen atoms in total. The van der Waals surface area contributed by atoms with Gasteiger partial charge in [0.2, 0.25) is 0 Å². The second kappa shape index (κ2) is 6.57. The van der Waals surface area contributed by atoms with Crippen molar-refractivity contribution in [2.45, 2.75) is 32.4 Å². The quantitative estimate of drug-likeness (QED) is 0.615. The minimum absolute atomic E-state index is 0.457. The van der Waals surface area contributed by atoms with Crippen LogP contribution in [0.3, 0.4) is 0 Å². The largest absolute Gasteiger partial charge is 0.331 e. The van der Waals surface area contributed by atoms with Crippen LogP contribution in [0.2, 0.25) is 0 Å². The van der Waals surface area contributed by atoms with Crippen LogP contribution in [0.25, 0.3) is 0 Å². The molecule has 70 valence electrons. The summed E-state index contributed by atoms with van der Waals surface area (Å²) in [5.41, 5.74) is 4.85. The molecule has 5 heteroatoms. The Kier molecular flexibility index (Phi) is 8.04. The molecular formula is C6H17NO3S. The number of hydrogen-bond donors (Lipinski definition) is 2. The zero-order valence-electron chi connectivity index (χ0n) is 7.24. The summed E-state index contributed by atoms with van der Waals surface area (Å²) < 4.78 is 28.5. The number of rotatable bonds is 2. The Morgan fingerprint density at radius 1 is 1.45 bits per heavy atom. The lowest BCUT2D eigenvalue weighted by Gasteiger charge is -2.00. The molecule has 11 heavy (non-hydrogen) atoms. The molecular weight excluding hydrogens is 166 g/mol. The molecule has 0 aromatic carbocycles. The van der Waals surface area contributed by atoms with E-state index in [-0.39, 0.29) is 0 Å². The molecule has 0 amide bonds. The summed E-state index contributed by atoms with van der Waals surface area (Å²) in [5.74, 6) is 0. The van der Waals surface area contributed by atoms with E-state index >= 15 is 0 Å². The molecule has 0 rings (SSSR count). The summed E-state index contributed by atoms with van der Waals surface area (Å²) in [4.78, 5) is 0. The monoisotopic (exact) mass is 183 g/mol. The molecule has 0 aliphatic rings. The Morgan fingerprint density at radius 2 is 1.73 bits per heavy atom. The summed E-state index contributed by atoms with van der Waals surface area (Å²) in [6, 6.07) is 0. The Labute approximate surface area is 68.5 Å². The Hall–Kier alpha value is -0.130. The fourth-order valence-corrected chi connectivity index (χ4v) is 0.632. The third-order valence-electron chi connectivity index (χ3n) is 1.08. The van der Waals surface area contributed by atoms with E-state index in [0.717, 1.165) is 6.54 Å². The maximum atomic E-state index is 10.1. The minimum Gasteiger partial charge on any atom is -0.331 e. The van der Waals surface area contributed by atoms with Crippen LogP contribution in [0.5, 0.6) is 0 Å². The van der Waals surface area contributed by atoms with Crippen LogP contribution in [0.1, 0.15) is 27.2 Å². The SMILES string of the molecule is CCC(C)S(=O)(=O)O.CCN. The van der Waals surface area contributed by atoms with Crippen molar-refractivity contribution < 1.29 is 13.0 Å². The van der Waals surface area contributed by atoms with Crippen molar-refractivity contribution in [1.29, 1.82) is 0 Å². The van der Waals surface area contributed by atoms with Gasteiger partial charge in [-0.15, -0.1) is 0 Å². The molecule has 0 saturated heterocycles. The van der Waals surface area contributed by atoms with E-state index in [0.29, 0.717) is 6.42 Å². The average molecular weight is 183 g/mol. The highest BCUT2D eigenvalue weighted by Gasteiger charge is 2.13. The van der Waals surface area contributed by atoms with E-state index in [1.165, 1.54) is 6.92 Å². The first-order valence-corrected chi connectivity index (χ1v) is 5.06. The molecule has 0 bridgehead atoms. The van der Waals surface area contributed by atoms with Crippen LogP contribution in [0.4, 0.5) is 0 Å². The van der Waals surface area contributed by atoms with Crippen LogP contribution in [0.15, 0.2) is 0 Å². The van der Waals surface area contributed by atoms with E-state index in [1.54, 1.807) is 6.92 Å². The molecule has 0 aliphatic heterocycles. The van der Waals surface area contributed by atoms with Gasteiger partial charge in [-0.05, 0) is 19.9 Å². The van der Waals surface area contributed by atoms with Gasteiger partial charge in [0, 0.05) is 0 Å². The lowest BCUT2D eigenvalue weighted by atomic mass is 10.4. The Morgan fingerprint density at radius 3 is 1.73 bits per heavy atom. The summed E-state index contributed by atoms with van der Waals surface area (Å²) >= 11 is 0. The summed E-state index contributed by atoms with van der Waals surface area (Å²) in [6.45, 7) is 5.83. The molecule has 0 heterocycles. The highest BCUT2D eigenvalue weighted by atomic mass is 32.2. The Bertz CT molecular complexity index is 165. The first kappa shape index (κ1) is 13.5. The molecule has 0 saturated carbocycles. The number of hydrogen-bond acceptors (Lipinski definition) is 3. The minimum atomic E-state index is -3.75. The predicted octanol–water partition coefficient (Wildman–Crippen LogP) is 0.638. The topological polar surface area (TPSA) is 80.4 Å². The van der Waals surface area contributed by atoms with Gasteiger partial charge in [-0.1, -0.05) is 13.8 Å². The zero-order valence-corrected chi connectivity index (χ0v) is 8.06. The van der Waals surface area contributed by atoms with Crippen LogP contribution in [-0.2, 0) is 10.1 Å². The van der Waals surface area contributed by atoms with Crippen molar-refractivity contribution in [1.82, 2.24) is 0 Å². The van der Waals surface area contributed by atoms with Crippen molar-refractivity contribution in [3.63, 3.8) is 0 Å². The lowest BCUT2D eigenvalue weighted by molar-refractivity contribution is 0.468. The van der Waals surface area contributed by atoms with Gasteiger partial charge in [-0.25, -0.2) is 0 Å². The van der Waals surface area contributed by atoms with Crippen LogP contribution in [0, 0.1) is 0 Å². The highest BCUT2D eigenvalue weighted by molar-refractivity contribution is 7.86. The second-order valence-electron chi connectivity index (χ2n) is 2.14. The van der Waals surface area contributed by atoms with E-state index in [4.69, 9.17) is 10.3 Å². The predicted molar refractivity (Wildman–Crippen MR) is 46.0 cm³/mol. The van der Waals surface area contributed by atoms with Crippen molar-refractivity contribution in [3.05, 3.63) is 0 Å². The molecule has 1 atom stereocenters. The molecule has 1 unspecified atom stereocenters. The van der Waals surface area contributed by atoms with Gasteiger partial charge < -0.3 is 5.73 Å². The molecule has 0 aromatic rings. The van der Waals surface area contributed by atoms with Crippen molar-refractivity contribution in [2.24, 2.45) is 5.73 Å². The van der Waals surface area contributed by atoms with Crippen molar-refractivity contribution in [3.8, 4) is 0 Å². The molecule has 0 aliphatic carbocycles. The van der Waals surface area contributed by atoms with Gasteiger partial charge in [0.05, 0.1) is 5.25 Å². The second-order valence-corrected chi connectivity index (χ2v) is 3.98. The van der Waals surface area contributed by atoms with Gasteiger partial charge >= 0.3 is 0 Å². The molecule has 0 radical (unpaired) electrons. The lowest BCUT2D eigenvalue weighted by Crippen LogP contribution is -2.14. The normalized spacial score (nSPS) is 13.2. The molecule has 0 fully saturated rings. The van der Waals surface area contributed by atoms with Crippen LogP contribution >= 0.6 is 0 Å². The van der Waals surface area contributed by atoms with Crippen LogP contribution < -0.4 is 5.73 Å².